The van der Waals surface area contributed by atoms with Gasteiger partial charge in [-0.05, 0) is 18.9 Å². The molecule has 70 valence electrons. The molecule has 0 radical (unpaired) electrons. The first kappa shape index (κ1) is 9.55. The van der Waals surface area contributed by atoms with Crippen molar-refractivity contribution in [3.63, 3.8) is 0 Å². The Morgan fingerprint density at radius 3 is 3.08 bits per heavy atom. The third kappa shape index (κ3) is 2.50. The van der Waals surface area contributed by atoms with Crippen LogP contribution in [0, 0.1) is 5.92 Å². The van der Waals surface area contributed by atoms with Crippen LogP contribution in [0.2, 0.25) is 0 Å². The van der Waals surface area contributed by atoms with Gasteiger partial charge in [-0.3, -0.25) is 0 Å². The van der Waals surface area contributed by atoms with Crippen molar-refractivity contribution in [2.75, 3.05) is 13.2 Å². The van der Waals surface area contributed by atoms with E-state index in [0.717, 1.165) is 6.42 Å². The van der Waals surface area contributed by atoms with Gasteiger partial charge >= 0.3 is 0 Å². The molecule has 12 heavy (non-hydrogen) atoms. The van der Waals surface area contributed by atoms with Gasteiger partial charge in [-0.2, -0.15) is 0 Å². The lowest BCUT2D eigenvalue weighted by atomic mass is 10.0. The van der Waals surface area contributed by atoms with E-state index in [-0.39, 0.29) is 12.9 Å². The summed E-state index contributed by atoms with van der Waals surface area (Å²) in [6.45, 7) is 4.64. The van der Waals surface area contributed by atoms with Gasteiger partial charge in [-0.15, -0.1) is 0 Å². The molecule has 3 heteroatoms. The Balaban J connectivity index is 2.47. The third-order valence-electron chi connectivity index (χ3n) is 1.83. The van der Waals surface area contributed by atoms with Crippen LogP contribution >= 0.6 is 0 Å². The SMILES string of the molecule is CCOC1CC(C)C=C(CO)O1. The van der Waals surface area contributed by atoms with Gasteiger partial charge in [-0.1, -0.05) is 6.92 Å². The predicted octanol–water partition coefficient (Wildman–Crippen LogP) is 1.28. The van der Waals surface area contributed by atoms with Gasteiger partial charge in [0.05, 0.1) is 0 Å². The maximum Gasteiger partial charge on any atom is 0.199 e. The first-order valence-corrected chi connectivity index (χ1v) is 4.36. The highest BCUT2D eigenvalue weighted by Gasteiger charge is 2.20. The molecule has 0 saturated heterocycles. The Labute approximate surface area is 73.0 Å². The second-order valence-corrected chi connectivity index (χ2v) is 3.01. The molecular formula is C9H16O3. The largest absolute Gasteiger partial charge is 0.467 e. The van der Waals surface area contributed by atoms with Crippen molar-refractivity contribution in [3.05, 3.63) is 11.8 Å². The number of ether oxygens (including phenoxy) is 2. The van der Waals surface area contributed by atoms with Gasteiger partial charge in [0.25, 0.3) is 0 Å². The minimum atomic E-state index is -0.169. The predicted molar refractivity (Wildman–Crippen MR) is 45.4 cm³/mol. The lowest BCUT2D eigenvalue weighted by Crippen LogP contribution is -2.24. The average Bonchev–Trinajstić information content (AvgIpc) is 2.04. The van der Waals surface area contributed by atoms with Crippen LogP contribution in [0.4, 0.5) is 0 Å². The van der Waals surface area contributed by atoms with E-state index < -0.39 is 0 Å². The fourth-order valence-electron chi connectivity index (χ4n) is 1.32. The van der Waals surface area contributed by atoms with Gasteiger partial charge in [0.1, 0.15) is 12.4 Å². The zero-order valence-electron chi connectivity index (χ0n) is 7.62. The van der Waals surface area contributed by atoms with E-state index in [1.54, 1.807) is 0 Å². The van der Waals surface area contributed by atoms with Gasteiger partial charge in [-0.25, -0.2) is 0 Å². The Kier molecular flexibility index (Phi) is 3.56. The van der Waals surface area contributed by atoms with Crippen LogP contribution in [0.15, 0.2) is 11.8 Å². The van der Waals surface area contributed by atoms with Crippen molar-refractivity contribution >= 4 is 0 Å². The molecule has 0 spiro atoms. The number of allylic oxidation sites excluding steroid dienone is 1. The maximum absolute atomic E-state index is 8.85. The molecule has 0 saturated carbocycles. The summed E-state index contributed by atoms with van der Waals surface area (Å²) in [7, 11) is 0. The van der Waals surface area contributed by atoms with Gasteiger partial charge in [0, 0.05) is 13.0 Å². The summed E-state index contributed by atoms with van der Waals surface area (Å²) in [6.07, 6.45) is 2.64. The van der Waals surface area contributed by atoms with E-state index in [9.17, 15) is 0 Å². The molecule has 1 aliphatic heterocycles. The summed E-state index contributed by atoms with van der Waals surface area (Å²) >= 11 is 0. The number of hydrogen-bond acceptors (Lipinski definition) is 3. The molecule has 1 N–H and O–H groups in total. The zero-order chi connectivity index (χ0) is 8.97. The van der Waals surface area contributed by atoms with Crippen LogP contribution in [-0.2, 0) is 9.47 Å². The molecule has 0 aromatic heterocycles. The second-order valence-electron chi connectivity index (χ2n) is 3.01. The van der Waals surface area contributed by atoms with Gasteiger partial charge in [0.15, 0.2) is 6.29 Å². The van der Waals surface area contributed by atoms with Crippen LogP contribution in [-0.4, -0.2) is 24.6 Å². The first-order chi connectivity index (χ1) is 5.76. The van der Waals surface area contributed by atoms with E-state index in [0.29, 0.717) is 18.3 Å². The molecule has 2 atom stereocenters. The number of hydrogen-bond donors (Lipinski definition) is 1. The van der Waals surface area contributed by atoms with Crippen molar-refractivity contribution in [1.29, 1.82) is 0 Å². The Morgan fingerprint density at radius 1 is 1.75 bits per heavy atom. The molecular weight excluding hydrogens is 156 g/mol. The zero-order valence-corrected chi connectivity index (χ0v) is 7.62. The van der Waals surface area contributed by atoms with Crippen molar-refractivity contribution in [1.82, 2.24) is 0 Å². The van der Waals surface area contributed by atoms with Crippen molar-refractivity contribution in [2.45, 2.75) is 26.6 Å². The summed E-state index contributed by atoms with van der Waals surface area (Å²) in [5.41, 5.74) is 0. The number of aliphatic hydroxyl groups is 1. The Hall–Kier alpha value is -0.540. The molecule has 2 unspecified atom stereocenters. The quantitative estimate of drug-likeness (QED) is 0.697. The minimum absolute atomic E-state index is 0.0338. The van der Waals surface area contributed by atoms with Gasteiger partial charge in [0.2, 0.25) is 0 Å². The molecule has 1 heterocycles. The molecule has 0 bridgehead atoms. The van der Waals surface area contributed by atoms with E-state index in [1.807, 2.05) is 13.0 Å². The van der Waals surface area contributed by atoms with E-state index in [1.165, 1.54) is 0 Å². The van der Waals surface area contributed by atoms with Crippen LogP contribution in [0.25, 0.3) is 0 Å². The topological polar surface area (TPSA) is 38.7 Å². The normalized spacial score (nSPS) is 29.4. The highest BCUT2D eigenvalue weighted by atomic mass is 16.7. The fraction of sp³-hybridized carbons (Fsp3) is 0.778. The summed E-state index contributed by atoms with van der Waals surface area (Å²) < 4.78 is 10.6. The molecule has 1 rings (SSSR count). The molecule has 1 aliphatic rings. The van der Waals surface area contributed by atoms with Crippen molar-refractivity contribution in [2.24, 2.45) is 5.92 Å². The molecule has 0 aromatic carbocycles. The lowest BCUT2D eigenvalue weighted by Gasteiger charge is -2.26. The number of aliphatic hydroxyl groups excluding tert-OH is 1. The van der Waals surface area contributed by atoms with Crippen LogP contribution in [0.1, 0.15) is 20.3 Å². The van der Waals surface area contributed by atoms with E-state index in [4.69, 9.17) is 14.6 Å². The smallest absolute Gasteiger partial charge is 0.199 e. The van der Waals surface area contributed by atoms with Crippen LogP contribution in [0.3, 0.4) is 0 Å². The van der Waals surface area contributed by atoms with Crippen molar-refractivity contribution < 1.29 is 14.6 Å². The summed E-state index contributed by atoms with van der Waals surface area (Å²) in [4.78, 5) is 0. The summed E-state index contributed by atoms with van der Waals surface area (Å²) in [5.74, 6) is 1.06. The van der Waals surface area contributed by atoms with Crippen LogP contribution in [0.5, 0.6) is 0 Å². The van der Waals surface area contributed by atoms with Crippen molar-refractivity contribution in [3.8, 4) is 0 Å². The summed E-state index contributed by atoms with van der Waals surface area (Å²) in [6, 6.07) is 0. The standard InChI is InChI=1S/C9H16O3/c1-3-11-9-5-7(2)4-8(6-10)12-9/h4,7,9-10H,3,5-6H2,1-2H3. The molecule has 3 nitrogen and oxygen atoms in total. The maximum atomic E-state index is 8.85. The van der Waals surface area contributed by atoms with E-state index >= 15 is 0 Å². The monoisotopic (exact) mass is 172 g/mol. The lowest BCUT2D eigenvalue weighted by molar-refractivity contribution is -0.133. The average molecular weight is 172 g/mol. The highest BCUT2D eigenvalue weighted by Crippen LogP contribution is 2.21. The van der Waals surface area contributed by atoms with Gasteiger partial charge < -0.3 is 14.6 Å². The molecule has 0 fully saturated rings. The number of rotatable bonds is 3. The second kappa shape index (κ2) is 4.48. The fourth-order valence-corrected chi connectivity index (χ4v) is 1.32. The molecule has 0 amide bonds. The molecule has 0 aliphatic carbocycles. The van der Waals surface area contributed by atoms with Crippen LogP contribution < -0.4 is 0 Å². The summed E-state index contributed by atoms with van der Waals surface area (Å²) in [5, 5.41) is 8.85. The Morgan fingerprint density at radius 2 is 2.50 bits per heavy atom. The third-order valence-corrected chi connectivity index (χ3v) is 1.83. The Bertz CT molecular complexity index is 165. The minimum Gasteiger partial charge on any atom is -0.467 e. The highest BCUT2D eigenvalue weighted by molar-refractivity contribution is 4.99. The van der Waals surface area contributed by atoms with E-state index in [2.05, 4.69) is 6.92 Å². The molecule has 0 aromatic rings. The first-order valence-electron chi connectivity index (χ1n) is 4.36.